The normalized spacial score (nSPS) is 16.2. The molecule has 2 amide bonds. The Morgan fingerprint density at radius 1 is 1.10 bits per heavy atom. The van der Waals surface area contributed by atoms with Crippen molar-refractivity contribution in [2.24, 2.45) is 5.92 Å². The number of carbonyl (C=O) groups excluding carboxylic acids is 2. The average Bonchev–Trinajstić information content (AvgIpc) is 3.40. The molecule has 0 unspecified atom stereocenters. The number of anilines is 1. The molecule has 0 atom stereocenters. The van der Waals surface area contributed by atoms with Gasteiger partial charge in [0.15, 0.2) is 0 Å². The number of hydrogen-bond donors (Lipinski definition) is 1. The van der Waals surface area contributed by atoms with Crippen LogP contribution in [-0.4, -0.2) is 46.1 Å². The predicted molar refractivity (Wildman–Crippen MR) is 112 cm³/mol. The first kappa shape index (κ1) is 19.5. The summed E-state index contributed by atoms with van der Waals surface area (Å²) in [5, 5.41) is 7.63. The zero-order chi connectivity index (χ0) is 20.4. The third-order valence-corrected chi connectivity index (χ3v) is 5.68. The standard InChI is InChI=1S/C22H29N5O2/c1-16(2)22(29)26-11-12-27-18(15-26)13-17(24-27)14-23-21(28)19-7-3-4-8-20(19)25-9-5-6-10-25/h3-4,7-8,13,16H,5-6,9-12,14-15H2,1-2H3,(H,23,28). The molecule has 0 saturated carbocycles. The van der Waals surface area contributed by atoms with Gasteiger partial charge in [0, 0.05) is 31.2 Å². The molecule has 0 spiro atoms. The van der Waals surface area contributed by atoms with Gasteiger partial charge in [-0.2, -0.15) is 5.10 Å². The highest BCUT2D eigenvalue weighted by atomic mass is 16.2. The SMILES string of the molecule is CC(C)C(=O)N1CCn2nc(CNC(=O)c3ccccc3N3CCCC3)cc2C1. The zero-order valence-corrected chi connectivity index (χ0v) is 17.2. The van der Waals surface area contributed by atoms with Crippen molar-refractivity contribution in [2.75, 3.05) is 24.5 Å². The van der Waals surface area contributed by atoms with Gasteiger partial charge in [-0.25, -0.2) is 0 Å². The van der Waals surface area contributed by atoms with Crippen molar-refractivity contribution in [3.63, 3.8) is 0 Å². The van der Waals surface area contributed by atoms with E-state index in [1.807, 2.05) is 53.8 Å². The van der Waals surface area contributed by atoms with Crippen LogP contribution in [0.1, 0.15) is 48.4 Å². The molecule has 7 nitrogen and oxygen atoms in total. The molecule has 2 aromatic rings. The number of aromatic nitrogens is 2. The van der Waals surface area contributed by atoms with Crippen LogP contribution in [0.25, 0.3) is 0 Å². The molecular weight excluding hydrogens is 366 g/mol. The summed E-state index contributed by atoms with van der Waals surface area (Å²) in [4.78, 5) is 29.3. The fourth-order valence-electron chi connectivity index (χ4n) is 4.13. The second-order valence-corrected chi connectivity index (χ2v) is 8.16. The highest BCUT2D eigenvalue weighted by molar-refractivity contribution is 5.99. The van der Waals surface area contributed by atoms with Crippen LogP contribution < -0.4 is 10.2 Å². The summed E-state index contributed by atoms with van der Waals surface area (Å²) >= 11 is 0. The summed E-state index contributed by atoms with van der Waals surface area (Å²) in [5.41, 5.74) is 3.57. The Labute approximate surface area is 171 Å². The maximum Gasteiger partial charge on any atom is 0.253 e. The van der Waals surface area contributed by atoms with Gasteiger partial charge in [-0.1, -0.05) is 26.0 Å². The number of para-hydroxylation sites is 1. The van der Waals surface area contributed by atoms with Gasteiger partial charge in [0.2, 0.25) is 5.91 Å². The smallest absolute Gasteiger partial charge is 0.253 e. The quantitative estimate of drug-likeness (QED) is 0.844. The Morgan fingerprint density at radius 3 is 2.62 bits per heavy atom. The van der Waals surface area contributed by atoms with Crippen LogP contribution in [0.5, 0.6) is 0 Å². The van der Waals surface area contributed by atoms with E-state index in [4.69, 9.17) is 0 Å². The zero-order valence-electron chi connectivity index (χ0n) is 17.2. The van der Waals surface area contributed by atoms with Gasteiger partial charge in [0.05, 0.1) is 36.6 Å². The first-order valence-corrected chi connectivity index (χ1v) is 10.5. The van der Waals surface area contributed by atoms with E-state index in [0.717, 1.165) is 30.2 Å². The van der Waals surface area contributed by atoms with E-state index in [-0.39, 0.29) is 17.7 Å². The summed E-state index contributed by atoms with van der Waals surface area (Å²) in [7, 11) is 0. The Balaban J connectivity index is 1.41. The maximum absolute atomic E-state index is 12.8. The minimum atomic E-state index is -0.0740. The molecule has 0 radical (unpaired) electrons. The monoisotopic (exact) mass is 395 g/mol. The van der Waals surface area contributed by atoms with E-state index in [0.29, 0.717) is 31.7 Å². The van der Waals surface area contributed by atoms with Crippen molar-refractivity contribution in [2.45, 2.75) is 46.3 Å². The van der Waals surface area contributed by atoms with E-state index in [1.54, 1.807) is 0 Å². The van der Waals surface area contributed by atoms with Crippen LogP contribution >= 0.6 is 0 Å². The maximum atomic E-state index is 12.8. The molecule has 1 fully saturated rings. The minimum absolute atomic E-state index is 0.00101. The van der Waals surface area contributed by atoms with Crippen LogP contribution in [0.3, 0.4) is 0 Å². The molecular formula is C22H29N5O2. The van der Waals surface area contributed by atoms with E-state index < -0.39 is 0 Å². The lowest BCUT2D eigenvalue weighted by molar-refractivity contribution is -0.136. The average molecular weight is 396 g/mol. The van der Waals surface area contributed by atoms with Crippen molar-refractivity contribution < 1.29 is 9.59 Å². The Kier molecular flexibility index (Phi) is 5.56. The summed E-state index contributed by atoms with van der Waals surface area (Å²) < 4.78 is 1.95. The van der Waals surface area contributed by atoms with Gasteiger partial charge < -0.3 is 15.1 Å². The molecule has 154 valence electrons. The number of rotatable bonds is 5. The second-order valence-electron chi connectivity index (χ2n) is 8.16. The van der Waals surface area contributed by atoms with Gasteiger partial charge >= 0.3 is 0 Å². The van der Waals surface area contributed by atoms with Gasteiger partial charge in [0.25, 0.3) is 5.91 Å². The Hall–Kier alpha value is -2.83. The van der Waals surface area contributed by atoms with E-state index in [9.17, 15) is 9.59 Å². The van der Waals surface area contributed by atoms with E-state index in [2.05, 4.69) is 15.3 Å². The number of hydrogen-bond acceptors (Lipinski definition) is 4. The number of carbonyl (C=O) groups is 2. The number of nitrogens with one attached hydrogen (secondary N) is 1. The lowest BCUT2D eigenvalue weighted by atomic mass is 10.1. The fourth-order valence-corrected chi connectivity index (χ4v) is 4.13. The molecule has 1 N–H and O–H groups in total. The van der Waals surface area contributed by atoms with Crippen LogP contribution in [0.4, 0.5) is 5.69 Å². The van der Waals surface area contributed by atoms with Crippen molar-refractivity contribution in [1.29, 1.82) is 0 Å². The first-order chi connectivity index (χ1) is 14.0. The Bertz CT molecular complexity index is 898. The molecule has 0 aliphatic carbocycles. The number of amides is 2. The molecule has 2 aliphatic heterocycles. The van der Waals surface area contributed by atoms with E-state index in [1.165, 1.54) is 12.8 Å². The summed E-state index contributed by atoms with van der Waals surface area (Å²) in [6.45, 7) is 8.19. The third kappa shape index (κ3) is 4.13. The number of benzene rings is 1. The second kappa shape index (κ2) is 8.27. The van der Waals surface area contributed by atoms with Gasteiger partial charge in [-0.3, -0.25) is 14.3 Å². The van der Waals surface area contributed by atoms with Crippen LogP contribution in [0, 0.1) is 5.92 Å². The van der Waals surface area contributed by atoms with Crippen LogP contribution in [-0.2, 0) is 24.4 Å². The minimum Gasteiger partial charge on any atom is -0.371 e. The first-order valence-electron chi connectivity index (χ1n) is 10.5. The predicted octanol–water partition coefficient (Wildman–Crippen LogP) is 2.41. The fraction of sp³-hybridized carbons (Fsp3) is 0.500. The van der Waals surface area contributed by atoms with Crippen molar-refractivity contribution in [1.82, 2.24) is 20.0 Å². The summed E-state index contributed by atoms with van der Waals surface area (Å²) in [6.07, 6.45) is 2.35. The molecule has 0 bridgehead atoms. The summed E-state index contributed by atoms with van der Waals surface area (Å²) in [5.74, 6) is 0.0970. The molecule has 7 heteroatoms. The van der Waals surface area contributed by atoms with Gasteiger partial charge in [-0.05, 0) is 31.0 Å². The van der Waals surface area contributed by atoms with Gasteiger partial charge in [0.1, 0.15) is 0 Å². The highest BCUT2D eigenvalue weighted by Gasteiger charge is 2.24. The lowest BCUT2D eigenvalue weighted by Gasteiger charge is -2.29. The number of fused-ring (bicyclic) bond motifs is 1. The van der Waals surface area contributed by atoms with Crippen molar-refractivity contribution in [3.8, 4) is 0 Å². The lowest BCUT2D eigenvalue weighted by Crippen LogP contribution is -2.40. The van der Waals surface area contributed by atoms with Crippen LogP contribution in [0.2, 0.25) is 0 Å². The Morgan fingerprint density at radius 2 is 1.86 bits per heavy atom. The summed E-state index contributed by atoms with van der Waals surface area (Å²) in [6, 6.07) is 9.79. The molecule has 4 rings (SSSR count). The highest BCUT2D eigenvalue weighted by Crippen LogP contribution is 2.24. The molecule has 1 saturated heterocycles. The molecule has 1 aromatic carbocycles. The largest absolute Gasteiger partial charge is 0.371 e. The molecule has 2 aliphatic rings. The number of nitrogens with zero attached hydrogens (tertiary/aromatic N) is 4. The van der Waals surface area contributed by atoms with E-state index >= 15 is 0 Å². The van der Waals surface area contributed by atoms with Crippen molar-refractivity contribution in [3.05, 3.63) is 47.3 Å². The van der Waals surface area contributed by atoms with Crippen molar-refractivity contribution >= 4 is 17.5 Å². The van der Waals surface area contributed by atoms with Crippen LogP contribution in [0.15, 0.2) is 30.3 Å². The molecule has 3 heterocycles. The third-order valence-electron chi connectivity index (χ3n) is 5.68. The molecule has 29 heavy (non-hydrogen) atoms. The topological polar surface area (TPSA) is 70.5 Å². The van der Waals surface area contributed by atoms with Gasteiger partial charge in [-0.15, -0.1) is 0 Å². The molecule has 1 aromatic heterocycles.